The smallest absolute Gasteiger partial charge is 0.242 e. The number of benzene rings is 2. The minimum Gasteiger partial charge on any atom is -0.355 e. The zero-order valence-electron chi connectivity index (χ0n) is 16.3. The summed E-state index contributed by atoms with van der Waals surface area (Å²) < 4.78 is 0. The molecule has 2 aromatic rings. The number of carbonyl (C=O) groups is 2. The van der Waals surface area contributed by atoms with Crippen molar-refractivity contribution in [1.82, 2.24) is 10.2 Å². The molecule has 0 aliphatic carbocycles. The number of hydrogen-bond donors (Lipinski definition) is 1. The van der Waals surface area contributed by atoms with E-state index in [1.807, 2.05) is 31.2 Å². The number of thioether (sulfide) groups is 1. The molecule has 2 aromatic carbocycles. The summed E-state index contributed by atoms with van der Waals surface area (Å²) in [4.78, 5) is 26.9. The Kier molecular flexibility index (Phi) is 9.63. The minimum absolute atomic E-state index is 0.117. The number of carbonyl (C=O) groups excluding carboxylic acids is 2. The average Bonchev–Trinajstić information content (AvgIpc) is 2.69. The third-order valence-corrected chi connectivity index (χ3v) is 6.24. The predicted molar refractivity (Wildman–Crippen MR) is 123 cm³/mol. The van der Waals surface area contributed by atoms with Crippen molar-refractivity contribution < 1.29 is 9.59 Å². The van der Waals surface area contributed by atoms with Crippen LogP contribution in [0.3, 0.4) is 0 Å². The minimum atomic E-state index is -0.604. The summed E-state index contributed by atoms with van der Waals surface area (Å²) >= 11 is 19.5. The Hall–Kier alpha value is -1.40. The first kappa shape index (κ1) is 23.9. The monoisotopic (exact) mass is 472 g/mol. The molecule has 0 aliphatic heterocycles. The first-order valence-corrected chi connectivity index (χ1v) is 11.4. The maximum atomic E-state index is 12.9. The van der Waals surface area contributed by atoms with Crippen LogP contribution in [-0.2, 0) is 21.9 Å². The molecule has 0 aliphatic rings. The number of nitrogens with zero attached hydrogens (tertiary/aromatic N) is 1. The second kappa shape index (κ2) is 11.7. The Labute approximate surface area is 190 Å². The summed E-state index contributed by atoms with van der Waals surface area (Å²) in [5.41, 5.74) is 1.90. The van der Waals surface area contributed by atoms with E-state index in [1.165, 1.54) is 11.8 Å². The Morgan fingerprint density at radius 2 is 1.69 bits per heavy atom. The maximum Gasteiger partial charge on any atom is 0.242 e. The van der Waals surface area contributed by atoms with E-state index in [2.05, 4.69) is 5.32 Å². The molecule has 0 saturated carbocycles. The molecule has 0 bridgehead atoms. The Bertz CT molecular complexity index is 846. The van der Waals surface area contributed by atoms with Gasteiger partial charge in [0.2, 0.25) is 11.8 Å². The quantitative estimate of drug-likeness (QED) is 0.528. The molecule has 0 saturated heterocycles. The standard InChI is InChI=1S/C21H23Cl3N2O2S/c1-3-25-21(28)14(2)26(11-16-6-9-18(23)19(24)10-16)20(27)13-29-12-15-4-7-17(22)8-5-15/h4-10,14H,3,11-13H2,1-2H3,(H,25,28)/t14-/m0/s1. The third-order valence-electron chi connectivity index (χ3n) is 4.26. The van der Waals surface area contributed by atoms with Crippen LogP contribution in [0.2, 0.25) is 15.1 Å². The highest BCUT2D eigenvalue weighted by molar-refractivity contribution is 7.99. The number of likely N-dealkylation sites (N-methyl/N-ethyl adjacent to an activating group) is 1. The van der Waals surface area contributed by atoms with Gasteiger partial charge in [0.1, 0.15) is 6.04 Å². The molecule has 1 atom stereocenters. The SMILES string of the molecule is CCNC(=O)[C@H](C)N(Cc1ccc(Cl)c(Cl)c1)C(=O)CSCc1ccc(Cl)cc1. The highest BCUT2D eigenvalue weighted by Crippen LogP contribution is 2.24. The van der Waals surface area contributed by atoms with Gasteiger partial charge in [-0.15, -0.1) is 11.8 Å². The molecule has 4 nitrogen and oxygen atoms in total. The lowest BCUT2D eigenvalue weighted by Gasteiger charge is -2.28. The van der Waals surface area contributed by atoms with Crippen molar-refractivity contribution in [2.75, 3.05) is 12.3 Å². The van der Waals surface area contributed by atoms with E-state index >= 15 is 0 Å². The van der Waals surface area contributed by atoms with E-state index in [-0.39, 0.29) is 24.1 Å². The number of amides is 2. The topological polar surface area (TPSA) is 49.4 Å². The maximum absolute atomic E-state index is 12.9. The van der Waals surface area contributed by atoms with Gasteiger partial charge in [-0.2, -0.15) is 0 Å². The van der Waals surface area contributed by atoms with Crippen LogP contribution in [0.25, 0.3) is 0 Å². The molecule has 2 rings (SSSR count). The van der Waals surface area contributed by atoms with E-state index in [1.54, 1.807) is 30.0 Å². The summed E-state index contributed by atoms with van der Waals surface area (Å²) in [6.45, 7) is 4.35. The zero-order chi connectivity index (χ0) is 21.4. The molecule has 0 unspecified atom stereocenters. The largest absolute Gasteiger partial charge is 0.355 e. The van der Waals surface area contributed by atoms with Crippen LogP contribution in [-0.4, -0.2) is 35.1 Å². The van der Waals surface area contributed by atoms with Gasteiger partial charge in [-0.3, -0.25) is 9.59 Å². The van der Waals surface area contributed by atoms with Crippen molar-refractivity contribution in [2.24, 2.45) is 0 Å². The van der Waals surface area contributed by atoms with Gasteiger partial charge in [0, 0.05) is 23.9 Å². The van der Waals surface area contributed by atoms with Crippen molar-refractivity contribution in [1.29, 1.82) is 0 Å². The van der Waals surface area contributed by atoms with Crippen molar-refractivity contribution in [3.05, 3.63) is 68.7 Å². The van der Waals surface area contributed by atoms with Crippen LogP contribution >= 0.6 is 46.6 Å². The second-order valence-corrected chi connectivity index (χ2v) is 8.70. The van der Waals surface area contributed by atoms with E-state index in [9.17, 15) is 9.59 Å². The molecule has 0 fully saturated rings. The van der Waals surface area contributed by atoms with E-state index < -0.39 is 6.04 Å². The Morgan fingerprint density at radius 1 is 1.03 bits per heavy atom. The van der Waals surface area contributed by atoms with Gasteiger partial charge in [-0.1, -0.05) is 53.0 Å². The van der Waals surface area contributed by atoms with Crippen LogP contribution in [0.1, 0.15) is 25.0 Å². The average molecular weight is 474 g/mol. The lowest BCUT2D eigenvalue weighted by atomic mass is 10.1. The van der Waals surface area contributed by atoms with Gasteiger partial charge in [0.15, 0.2) is 0 Å². The molecule has 2 amide bonds. The highest BCUT2D eigenvalue weighted by atomic mass is 35.5. The van der Waals surface area contributed by atoms with Crippen LogP contribution in [0.5, 0.6) is 0 Å². The number of hydrogen-bond acceptors (Lipinski definition) is 3. The molecule has 0 spiro atoms. The molecule has 0 aromatic heterocycles. The molecule has 1 N–H and O–H groups in total. The molecular formula is C21H23Cl3N2O2S. The first-order chi connectivity index (χ1) is 13.8. The highest BCUT2D eigenvalue weighted by Gasteiger charge is 2.25. The summed E-state index contributed by atoms with van der Waals surface area (Å²) in [5, 5.41) is 4.32. The Balaban J connectivity index is 2.07. The first-order valence-electron chi connectivity index (χ1n) is 9.15. The molecule has 8 heteroatoms. The Morgan fingerprint density at radius 3 is 2.31 bits per heavy atom. The fourth-order valence-corrected chi connectivity index (χ4v) is 3.98. The van der Waals surface area contributed by atoms with Gasteiger partial charge in [0.05, 0.1) is 15.8 Å². The van der Waals surface area contributed by atoms with Gasteiger partial charge in [-0.25, -0.2) is 0 Å². The van der Waals surface area contributed by atoms with Crippen molar-refractivity contribution in [3.63, 3.8) is 0 Å². The van der Waals surface area contributed by atoms with Crippen LogP contribution in [0.4, 0.5) is 0 Å². The molecule has 156 valence electrons. The molecule has 0 radical (unpaired) electrons. The summed E-state index contributed by atoms with van der Waals surface area (Å²) in [6.07, 6.45) is 0. The fraction of sp³-hybridized carbons (Fsp3) is 0.333. The van der Waals surface area contributed by atoms with Crippen molar-refractivity contribution in [3.8, 4) is 0 Å². The van der Waals surface area contributed by atoms with Crippen molar-refractivity contribution in [2.45, 2.75) is 32.2 Å². The van der Waals surface area contributed by atoms with E-state index in [0.717, 1.165) is 11.1 Å². The zero-order valence-corrected chi connectivity index (χ0v) is 19.3. The molecular weight excluding hydrogens is 451 g/mol. The predicted octanol–water partition coefficient (Wildman–Crippen LogP) is 5.43. The van der Waals surface area contributed by atoms with Gasteiger partial charge in [-0.05, 0) is 49.2 Å². The molecule has 29 heavy (non-hydrogen) atoms. The van der Waals surface area contributed by atoms with Gasteiger partial charge < -0.3 is 10.2 Å². The number of halogens is 3. The van der Waals surface area contributed by atoms with Crippen LogP contribution in [0.15, 0.2) is 42.5 Å². The van der Waals surface area contributed by atoms with E-state index in [4.69, 9.17) is 34.8 Å². The third kappa shape index (κ3) is 7.41. The molecule has 0 heterocycles. The number of rotatable bonds is 9. The second-order valence-electron chi connectivity index (χ2n) is 6.46. The lowest BCUT2D eigenvalue weighted by Crippen LogP contribution is -2.48. The van der Waals surface area contributed by atoms with Gasteiger partial charge in [0.25, 0.3) is 0 Å². The van der Waals surface area contributed by atoms with Crippen LogP contribution in [0, 0.1) is 0 Å². The van der Waals surface area contributed by atoms with Crippen molar-refractivity contribution >= 4 is 58.4 Å². The summed E-state index contributed by atoms with van der Waals surface area (Å²) in [5.74, 6) is 0.629. The normalized spacial score (nSPS) is 11.8. The van der Waals surface area contributed by atoms with Gasteiger partial charge >= 0.3 is 0 Å². The summed E-state index contributed by atoms with van der Waals surface area (Å²) in [6, 6.07) is 12.1. The van der Waals surface area contributed by atoms with Crippen LogP contribution < -0.4 is 5.32 Å². The van der Waals surface area contributed by atoms with E-state index in [0.29, 0.717) is 27.4 Å². The fourth-order valence-electron chi connectivity index (χ4n) is 2.66. The summed E-state index contributed by atoms with van der Waals surface area (Å²) in [7, 11) is 0. The number of nitrogens with one attached hydrogen (secondary N) is 1. The lowest BCUT2D eigenvalue weighted by molar-refractivity contribution is -0.138.